The number of hydrogen-bond acceptors (Lipinski definition) is 6. The maximum atomic E-state index is 13.4. The Morgan fingerprint density at radius 3 is 2.72 bits per heavy atom. The van der Waals surface area contributed by atoms with Crippen LogP contribution in [0.2, 0.25) is 0 Å². The third kappa shape index (κ3) is 4.09. The van der Waals surface area contributed by atoms with E-state index in [2.05, 4.69) is 51.4 Å². The number of hydrogen-bond donors (Lipinski definition) is 1. The van der Waals surface area contributed by atoms with Gasteiger partial charge in [-0.2, -0.15) is 0 Å². The molecule has 0 saturated carbocycles. The summed E-state index contributed by atoms with van der Waals surface area (Å²) in [6.45, 7) is 7.41. The summed E-state index contributed by atoms with van der Waals surface area (Å²) < 4.78 is 7.70. The largest absolute Gasteiger partial charge is 0.376 e. The molecule has 2 fully saturated rings. The molecule has 3 aromatic rings. The fourth-order valence-electron chi connectivity index (χ4n) is 5.12. The van der Waals surface area contributed by atoms with Crippen LogP contribution in [-0.4, -0.2) is 55.9 Å². The minimum Gasteiger partial charge on any atom is -0.376 e. The number of likely N-dealkylation sites (tertiary alicyclic amines) is 1. The second kappa shape index (κ2) is 9.11. The number of aromatic amines is 1. The maximum absolute atomic E-state index is 13.4. The average molecular weight is 437 g/mol. The van der Waals surface area contributed by atoms with Crippen molar-refractivity contribution < 1.29 is 4.74 Å². The van der Waals surface area contributed by atoms with Crippen LogP contribution in [0.4, 0.5) is 0 Å². The van der Waals surface area contributed by atoms with Crippen LogP contribution >= 0.6 is 0 Å². The van der Waals surface area contributed by atoms with Crippen LogP contribution < -0.4 is 5.56 Å². The van der Waals surface area contributed by atoms with Crippen molar-refractivity contribution in [3.05, 3.63) is 51.1 Å². The predicted octanol–water partition coefficient (Wildman–Crippen LogP) is 3.28. The van der Waals surface area contributed by atoms with Crippen molar-refractivity contribution in [1.29, 1.82) is 0 Å². The molecule has 2 aromatic heterocycles. The molecule has 170 valence electrons. The lowest BCUT2D eigenvalue weighted by molar-refractivity contribution is 0.0909. The Morgan fingerprint density at radius 1 is 1.16 bits per heavy atom. The van der Waals surface area contributed by atoms with E-state index in [4.69, 9.17) is 4.74 Å². The smallest absolute Gasteiger partial charge is 0.253 e. The normalized spacial score (nSPS) is 21.1. The number of rotatable bonds is 5. The summed E-state index contributed by atoms with van der Waals surface area (Å²) >= 11 is 0. The Balaban J connectivity index is 1.61. The summed E-state index contributed by atoms with van der Waals surface area (Å²) in [7, 11) is 0. The molecule has 8 nitrogen and oxygen atoms in total. The first kappa shape index (κ1) is 21.3. The van der Waals surface area contributed by atoms with Gasteiger partial charge in [0, 0.05) is 12.2 Å². The van der Waals surface area contributed by atoms with Gasteiger partial charge in [0.05, 0.1) is 18.2 Å². The Morgan fingerprint density at radius 2 is 1.97 bits per heavy atom. The standard InChI is InChI=1S/C24H32N6O2/c1-16-9-10-18-14-20(24(31)25-21(18)17(16)2)22(29-11-5-3-4-6-12-29)23-26-27-28-30(23)15-19-8-7-13-32-19/h9-10,14,19,22H,3-8,11-13,15H2,1-2H3,(H,25,31)/t19-,22+/m0/s1. The third-order valence-corrected chi connectivity index (χ3v) is 7.08. The highest BCUT2D eigenvalue weighted by Crippen LogP contribution is 2.30. The van der Waals surface area contributed by atoms with Gasteiger partial charge in [-0.3, -0.25) is 9.69 Å². The van der Waals surface area contributed by atoms with Gasteiger partial charge in [0.25, 0.3) is 5.56 Å². The zero-order valence-corrected chi connectivity index (χ0v) is 19.0. The van der Waals surface area contributed by atoms with Crippen molar-refractivity contribution >= 4 is 10.9 Å². The summed E-state index contributed by atoms with van der Waals surface area (Å²) in [6.07, 6.45) is 6.89. The van der Waals surface area contributed by atoms with Crippen LogP contribution in [0.3, 0.4) is 0 Å². The van der Waals surface area contributed by atoms with Crippen LogP contribution in [0.5, 0.6) is 0 Å². The highest BCUT2D eigenvalue weighted by atomic mass is 16.5. The van der Waals surface area contributed by atoms with E-state index in [0.717, 1.165) is 67.7 Å². The first-order valence-corrected chi connectivity index (χ1v) is 11.9. The number of benzene rings is 1. The van der Waals surface area contributed by atoms with Gasteiger partial charge in [-0.25, -0.2) is 4.68 Å². The molecule has 0 bridgehead atoms. The number of aryl methyl sites for hydroxylation is 2. The molecule has 1 N–H and O–H groups in total. The van der Waals surface area contributed by atoms with Crippen molar-refractivity contribution in [2.45, 2.75) is 71.1 Å². The van der Waals surface area contributed by atoms with E-state index in [1.807, 2.05) is 10.7 Å². The zero-order chi connectivity index (χ0) is 22.1. The molecule has 2 aliphatic rings. The zero-order valence-electron chi connectivity index (χ0n) is 19.0. The van der Waals surface area contributed by atoms with Crippen LogP contribution in [0, 0.1) is 13.8 Å². The third-order valence-electron chi connectivity index (χ3n) is 7.08. The Labute approximate surface area is 188 Å². The van der Waals surface area contributed by atoms with Crippen molar-refractivity contribution in [3.63, 3.8) is 0 Å². The molecule has 0 spiro atoms. The molecule has 0 radical (unpaired) electrons. The van der Waals surface area contributed by atoms with Crippen molar-refractivity contribution in [2.24, 2.45) is 0 Å². The van der Waals surface area contributed by atoms with Crippen LogP contribution in [0.15, 0.2) is 23.0 Å². The lowest BCUT2D eigenvalue weighted by Gasteiger charge is -2.30. The number of pyridine rings is 1. The number of H-pyrrole nitrogens is 1. The molecule has 8 heteroatoms. The van der Waals surface area contributed by atoms with Crippen LogP contribution in [0.25, 0.3) is 10.9 Å². The average Bonchev–Trinajstić information content (AvgIpc) is 3.39. The van der Waals surface area contributed by atoms with Gasteiger partial charge in [0.15, 0.2) is 5.82 Å². The van der Waals surface area contributed by atoms with E-state index < -0.39 is 0 Å². The molecule has 2 saturated heterocycles. The maximum Gasteiger partial charge on any atom is 0.253 e. The summed E-state index contributed by atoms with van der Waals surface area (Å²) in [4.78, 5) is 19.0. The van der Waals surface area contributed by atoms with E-state index in [0.29, 0.717) is 12.1 Å². The van der Waals surface area contributed by atoms with E-state index >= 15 is 0 Å². The topological polar surface area (TPSA) is 88.9 Å². The fourth-order valence-corrected chi connectivity index (χ4v) is 5.12. The number of fused-ring (bicyclic) bond motifs is 1. The molecular weight excluding hydrogens is 404 g/mol. The number of aromatic nitrogens is 5. The van der Waals surface area contributed by atoms with Gasteiger partial charge in [-0.05, 0) is 85.6 Å². The Hall–Kier alpha value is -2.58. The van der Waals surface area contributed by atoms with E-state index in [1.165, 1.54) is 18.4 Å². The molecule has 32 heavy (non-hydrogen) atoms. The number of nitrogens with one attached hydrogen (secondary N) is 1. The lowest BCUT2D eigenvalue weighted by atomic mass is 10.00. The van der Waals surface area contributed by atoms with Crippen LogP contribution in [-0.2, 0) is 11.3 Å². The minimum absolute atomic E-state index is 0.0629. The molecule has 0 aliphatic carbocycles. The first-order valence-electron chi connectivity index (χ1n) is 11.9. The molecule has 0 amide bonds. The summed E-state index contributed by atoms with van der Waals surface area (Å²) in [5.41, 5.74) is 3.84. The van der Waals surface area contributed by atoms with Crippen LogP contribution in [0.1, 0.15) is 67.1 Å². The predicted molar refractivity (Wildman–Crippen MR) is 123 cm³/mol. The number of ether oxygens (including phenoxy) is 1. The first-order chi connectivity index (χ1) is 15.6. The van der Waals surface area contributed by atoms with Gasteiger partial charge in [0.2, 0.25) is 0 Å². The second-order valence-corrected chi connectivity index (χ2v) is 9.23. The van der Waals surface area contributed by atoms with Crippen molar-refractivity contribution in [3.8, 4) is 0 Å². The Bertz CT molecular complexity index is 1140. The van der Waals surface area contributed by atoms with Gasteiger partial charge < -0.3 is 9.72 Å². The van der Waals surface area contributed by atoms with E-state index in [1.54, 1.807) is 0 Å². The van der Waals surface area contributed by atoms with E-state index in [9.17, 15) is 4.79 Å². The molecule has 0 unspecified atom stereocenters. The highest BCUT2D eigenvalue weighted by molar-refractivity contribution is 5.83. The molecule has 4 heterocycles. The fraction of sp³-hybridized carbons (Fsp3) is 0.583. The summed E-state index contributed by atoms with van der Waals surface area (Å²) in [5, 5.41) is 13.8. The second-order valence-electron chi connectivity index (χ2n) is 9.23. The minimum atomic E-state index is -0.278. The van der Waals surface area contributed by atoms with Gasteiger partial charge in [0.1, 0.15) is 6.04 Å². The van der Waals surface area contributed by atoms with E-state index in [-0.39, 0.29) is 17.7 Å². The van der Waals surface area contributed by atoms with Gasteiger partial charge in [-0.1, -0.05) is 25.0 Å². The molecule has 2 atom stereocenters. The summed E-state index contributed by atoms with van der Waals surface area (Å²) in [6, 6.07) is 5.97. The van der Waals surface area contributed by atoms with Gasteiger partial charge >= 0.3 is 0 Å². The van der Waals surface area contributed by atoms with Crippen molar-refractivity contribution in [1.82, 2.24) is 30.1 Å². The monoisotopic (exact) mass is 436 g/mol. The molecule has 1 aromatic carbocycles. The quantitative estimate of drug-likeness (QED) is 0.660. The van der Waals surface area contributed by atoms with Gasteiger partial charge in [-0.15, -0.1) is 5.10 Å². The summed E-state index contributed by atoms with van der Waals surface area (Å²) in [5.74, 6) is 0.732. The Kier molecular flexibility index (Phi) is 6.06. The number of nitrogens with zero attached hydrogens (tertiary/aromatic N) is 5. The molecule has 5 rings (SSSR count). The molecule has 2 aliphatic heterocycles. The number of tetrazole rings is 1. The van der Waals surface area contributed by atoms with Crippen molar-refractivity contribution in [2.75, 3.05) is 19.7 Å². The SMILES string of the molecule is Cc1ccc2cc([C@H](c3nnnn3C[C@@H]3CCCO3)N3CCCCCC3)c(=O)[nH]c2c1C. The lowest BCUT2D eigenvalue weighted by Crippen LogP contribution is -2.36. The molecular formula is C24H32N6O2. The highest BCUT2D eigenvalue weighted by Gasteiger charge is 2.32.